The molecular weight excluding hydrogens is 286 g/mol. The maximum Gasteiger partial charge on any atom is 0.178 e. The fourth-order valence-corrected chi connectivity index (χ4v) is 2.50. The predicted molar refractivity (Wildman–Crippen MR) is 78.4 cm³/mol. The molecule has 0 aliphatic rings. The number of nitriles is 2. The molecule has 0 radical (unpaired) electrons. The average Bonchev–Trinajstić information content (AvgIpc) is 2.84. The maximum atomic E-state index is 9.08. The summed E-state index contributed by atoms with van der Waals surface area (Å²) < 4.78 is 1.95. The highest BCUT2D eigenvalue weighted by atomic mass is 35.5. The van der Waals surface area contributed by atoms with E-state index in [9.17, 15) is 0 Å². The zero-order valence-electron chi connectivity index (χ0n) is 11.0. The summed E-state index contributed by atoms with van der Waals surface area (Å²) >= 11 is 6.14. The molecule has 0 saturated carbocycles. The summed E-state index contributed by atoms with van der Waals surface area (Å²) in [4.78, 5) is 8.17. The first-order valence-electron chi connectivity index (χ1n) is 6.08. The van der Waals surface area contributed by atoms with Crippen LogP contribution >= 0.6 is 11.6 Å². The van der Waals surface area contributed by atoms with Gasteiger partial charge in [-0.25, -0.2) is 9.97 Å². The van der Waals surface area contributed by atoms with Crippen LogP contribution in [0.25, 0.3) is 22.2 Å². The van der Waals surface area contributed by atoms with E-state index in [0.29, 0.717) is 5.69 Å². The van der Waals surface area contributed by atoms with Gasteiger partial charge in [0.25, 0.3) is 0 Å². The van der Waals surface area contributed by atoms with Crippen molar-refractivity contribution >= 4 is 22.5 Å². The van der Waals surface area contributed by atoms with Crippen molar-refractivity contribution in [2.45, 2.75) is 0 Å². The number of rotatable bonds is 1. The van der Waals surface area contributed by atoms with E-state index in [-0.39, 0.29) is 16.5 Å². The van der Waals surface area contributed by atoms with Gasteiger partial charge in [-0.15, -0.1) is 0 Å². The van der Waals surface area contributed by atoms with Crippen molar-refractivity contribution in [1.29, 1.82) is 10.5 Å². The third-order valence-electron chi connectivity index (χ3n) is 3.22. The molecule has 0 saturated heterocycles. The summed E-state index contributed by atoms with van der Waals surface area (Å²) in [5.41, 5.74) is 2.13. The Morgan fingerprint density at radius 3 is 2.48 bits per heavy atom. The number of benzene rings is 1. The lowest BCUT2D eigenvalue weighted by Gasteiger charge is -2.03. The molecule has 1 aromatic carbocycles. The van der Waals surface area contributed by atoms with Crippen molar-refractivity contribution in [3.63, 3.8) is 0 Å². The van der Waals surface area contributed by atoms with E-state index in [1.54, 1.807) is 0 Å². The minimum absolute atomic E-state index is 0.0233. The van der Waals surface area contributed by atoms with Crippen LogP contribution in [-0.2, 0) is 7.05 Å². The second-order valence-electron chi connectivity index (χ2n) is 4.45. The number of nitrogens with zero attached hydrogens (tertiary/aromatic N) is 5. The fourth-order valence-electron chi connectivity index (χ4n) is 2.27. The number of hydrogen-bond acceptors (Lipinski definition) is 4. The molecule has 100 valence electrons. The summed E-state index contributed by atoms with van der Waals surface area (Å²) in [7, 11) is 1.92. The van der Waals surface area contributed by atoms with E-state index >= 15 is 0 Å². The minimum Gasteiger partial charge on any atom is -0.350 e. The molecule has 0 unspecified atom stereocenters. The molecule has 0 aliphatic carbocycles. The predicted octanol–water partition coefficient (Wildman–Crippen LogP) is 3.03. The van der Waals surface area contributed by atoms with Crippen molar-refractivity contribution in [1.82, 2.24) is 14.5 Å². The average molecular weight is 294 g/mol. The molecule has 0 spiro atoms. The SMILES string of the molecule is Cn1cc(-c2nc(C#N)c(C#N)nc2Cl)c2ccccc21. The smallest absolute Gasteiger partial charge is 0.178 e. The van der Waals surface area contributed by atoms with Crippen LogP contribution < -0.4 is 0 Å². The van der Waals surface area contributed by atoms with Crippen molar-refractivity contribution < 1.29 is 0 Å². The summed E-state index contributed by atoms with van der Waals surface area (Å²) in [6.07, 6.45) is 1.88. The molecule has 0 atom stereocenters. The summed E-state index contributed by atoms with van der Waals surface area (Å²) in [5.74, 6) is 0. The first-order valence-corrected chi connectivity index (χ1v) is 6.45. The Hall–Kier alpha value is -2.89. The molecule has 21 heavy (non-hydrogen) atoms. The lowest BCUT2D eigenvalue weighted by atomic mass is 10.1. The fraction of sp³-hybridized carbons (Fsp3) is 0.0667. The standard InChI is InChI=1S/C15H8ClN5/c1-21-8-10(9-4-2-3-5-13(9)21)14-15(16)20-12(7-18)11(6-17)19-14/h2-5,8H,1H3. The van der Waals surface area contributed by atoms with Crippen LogP contribution in [-0.4, -0.2) is 14.5 Å². The Balaban J connectivity index is 2.34. The normalized spacial score (nSPS) is 10.3. The molecule has 5 nitrogen and oxygen atoms in total. The van der Waals surface area contributed by atoms with E-state index < -0.39 is 0 Å². The first kappa shape index (κ1) is 13.1. The number of aromatic nitrogens is 3. The van der Waals surface area contributed by atoms with Gasteiger partial charge in [-0.1, -0.05) is 29.8 Å². The topological polar surface area (TPSA) is 78.3 Å². The van der Waals surface area contributed by atoms with Gasteiger partial charge in [-0.2, -0.15) is 10.5 Å². The van der Waals surface area contributed by atoms with Gasteiger partial charge in [0.2, 0.25) is 0 Å². The Morgan fingerprint density at radius 2 is 1.76 bits per heavy atom. The van der Waals surface area contributed by atoms with Gasteiger partial charge < -0.3 is 4.57 Å². The zero-order chi connectivity index (χ0) is 15.0. The first-order chi connectivity index (χ1) is 10.2. The van der Waals surface area contributed by atoms with Crippen LogP contribution in [0.3, 0.4) is 0 Å². The number of aryl methyl sites for hydroxylation is 1. The Bertz CT molecular complexity index is 943. The molecule has 3 aromatic rings. The van der Waals surface area contributed by atoms with Gasteiger partial charge in [0.1, 0.15) is 17.8 Å². The molecule has 0 aliphatic heterocycles. The van der Waals surface area contributed by atoms with Gasteiger partial charge in [-0.3, -0.25) is 0 Å². The monoisotopic (exact) mass is 293 g/mol. The molecule has 2 heterocycles. The number of halogens is 1. The Labute approximate surface area is 125 Å². The third kappa shape index (κ3) is 2.01. The molecule has 0 bridgehead atoms. The Morgan fingerprint density at radius 1 is 1.10 bits per heavy atom. The highest BCUT2D eigenvalue weighted by Crippen LogP contribution is 2.32. The Kier molecular flexibility index (Phi) is 3.06. The zero-order valence-corrected chi connectivity index (χ0v) is 11.8. The number of para-hydroxylation sites is 1. The van der Waals surface area contributed by atoms with Crippen LogP contribution in [0.4, 0.5) is 0 Å². The van der Waals surface area contributed by atoms with Crippen LogP contribution in [0.2, 0.25) is 5.15 Å². The van der Waals surface area contributed by atoms with E-state index in [1.807, 2.05) is 54.2 Å². The van der Waals surface area contributed by atoms with E-state index in [0.717, 1.165) is 16.5 Å². The lowest BCUT2D eigenvalue weighted by molar-refractivity contribution is 0.969. The van der Waals surface area contributed by atoms with Crippen LogP contribution in [0.5, 0.6) is 0 Å². The number of hydrogen-bond donors (Lipinski definition) is 0. The second kappa shape index (κ2) is 4.90. The van der Waals surface area contributed by atoms with Gasteiger partial charge >= 0.3 is 0 Å². The summed E-state index contributed by atoms with van der Waals surface area (Å²) in [6.45, 7) is 0. The molecule has 6 heteroatoms. The molecule has 0 N–H and O–H groups in total. The second-order valence-corrected chi connectivity index (χ2v) is 4.81. The molecule has 0 fully saturated rings. The molecule has 0 amide bonds. The van der Waals surface area contributed by atoms with Crippen molar-refractivity contribution in [3.05, 3.63) is 47.0 Å². The maximum absolute atomic E-state index is 9.08. The quantitative estimate of drug-likeness (QED) is 0.691. The van der Waals surface area contributed by atoms with Crippen molar-refractivity contribution in [3.8, 4) is 23.4 Å². The van der Waals surface area contributed by atoms with Crippen LogP contribution in [0.15, 0.2) is 30.5 Å². The highest BCUT2D eigenvalue weighted by molar-refractivity contribution is 6.32. The minimum atomic E-state index is -0.0634. The summed E-state index contributed by atoms with van der Waals surface area (Å²) in [6, 6.07) is 11.5. The van der Waals surface area contributed by atoms with Crippen molar-refractivity contribution in [2.24, 2.45) is 7.05 Å². The third-order valence-corrected chi connectivity index (χ3v) is 3.48. The lowest BCUT2D eigenvalue weighted by Crippen LogP contribution is -1.98. The van der Waals surface area contributed by atoms with Gasteiger partial charge in [0.05, 0.1) is 0 Å². The van der Waals surface area contributed by atoms with E-state index in [2.05, 4.69) is 9.97 Å². The van der Waals surface area contributed by atoms with Gasteiger partial charge in [-0.05, 0) is 6.07 Å². The molecule has 2 aromatic heterocycles. The summed E-state index contributed by atoms with van der Waals surface area (Å²) in [5, 5.41) is 19.1. The van der Waals surface area contributed by atoms with Crippen LogP contribution in [0, 0.1) is 22.7 Å². The molecular formula is C15H8ClN5. The largest absolute Gasteiger partial charge is 0.350 e. The molecule has 3 rings (SSSR count). The van der Waals surface area contributed by atoms with Crippen molar-refractivity contribution in [2.75, 3.05) is 0 Å². The van der Waals surface area contributed by atoms with E-state index in [4.69, 9.17) is 22.1 Å². The number of fused-ring (bicyclic) bond motifs is 1. The van der Waals surface area contributed by atoms with Gasteiger partial charge in [0.15, 0.2) is 16.5 Å². The highest BCUT2D eigenvalue weighted by Gasteiger charge is 2.17. The van der Waals surface area contributed by atoms with E-state index in [1.165, 1.54) is 0 Å². The van der Waals surface area contributed by atoms with Gasteiger partial charge in [0, 0.05) is 29.7 Å². The van der Waals surface area contributed by atoms with Crippen LogP contribution in [0.1, 0.15) is 11.4 Å².